The van der Waals surface area contributed by atoms with E-state index in [9.17, 15) is 24.4 Å². The molecule has 0 saturated carbocycles. The Hall–Kier alpha value is -2.14. The summed E-state index contributed by atoms with van der Waals surface area (Å²) in [6.45, 7) is 6.33. The topological polar surface area (TPSA) is 194 Å². The zero-order valence-electron chi connectivity index (χ0n) is 19.5. The molecule has 2 rings (SSSR count). The second-order valence-electron chi connectivity index (χ2n) is 7.69. The molecule has 0 aromatic heterocycles. The molecule has 0 heterocycles. The van der Waals surface area contributed by atoms with Crippen LogP contribution in [0.4, 0.5) is 0 Å². The second-order valence-corrected chi connectivity index (χ2v) is 10.3. The van der Waals surface area contributed by atoms with E-state index >= 15 is 0 Å². The highest BCUT2D eigenvalue weighted by molar-refractivity contribution is 7.60. The van der Waals surface area contributed by atoms with Crippen LogP contribution in [0.15, 0.2) is 73.8 Å². The van der Waals surface area contributed by atoms with Gasteiger partial charge in [-0.25, -0.2) is 9.13 Å². The number of phosphoric acid groups is 2. The maximum atomic E-state index is 10.0. The number of benzene rings is 2. The van der Waals surface area contributed by atoms with Crippen molar-refractivity contribution in [3.05, 3.63) is 90.5 Å². The van der Waals surface area contributed by atoms with Gasteiger partial charge in [-0.1, -0.05) is 54.6 Å². The van der Waals surface area contributed by atoms with Crippen molar-refractivity contribution < 1.29 is 53.1 Å². The number of hydrogen-bond donors (Lipinski definition) is 7. The van der Waals surface area contributed by atoms with E-state index in [0.717, 1.165) is 16.7 Å². The van der Waals surface area contributed by atoms with Gasteiger partial charge in [0.25, 0.3) is 0 Å². The van der Waals surface area contributed by atoms with Gasteiger partial charge in [-0.2, -0.15) is 4.31 Å². The molecule has 13 heteroatoms. The van der Waals surface area contributed by atoms with Gasteiger partial charge in [0.1, 0.15) is 11.9 Å². The predicted molar refractivity (Wildman–Crippen MR) is 133 cm³/mol. The van der Waals surface area contributed by atoms with Crippen LogP contribution >= 0.6 is 15.6 Å². The standard InChI is InChI=1S/C23H28O4.H4O7P2/c1-3-9-18-11-5-7-13-20(18)22(23(15-24,16-25)17-26)27-21-14-8-6-12-19(21)10-4-2;1-8(2,3)7-9(4,5)6/h3-8,11-14,22,24-26H,1-2,9-10,15-17H2;(H2,1,2,3)(H2,4,5,6). The lowest BCUT2D eigenvalue weighted by Crippen LogP contribution is -2.43. The zero-order chi connectivity index (χ0) is 27.4. The fourth-order valence-electron chi connectivity index (χ4n) is 3.26. The molecule has 0 fully saturated rings. The van der Waals surface area contributed by atoms with Crippen LogP contribution < -0.4 is 4.74 Å². The molecule has 0 saturated heterocycles. The van der Waals surface area contributed by atoms with Crippen molar-refractivity contribution in [2.75, 3.05) is 19.8 Å². The Labute approximate surface area is 209 Å². The molecule has 2 aromatic carbocycles. The van der Waals surface area contributed by atoms with Crippen molar-refractivity contribution >= 4 is 15.6 Å². The minimum absolute atomic E-state index is 0.420. The molecule has 0 spiro atoms. The van der Waals surface area contributed by atoms with Crippen molar-refractivity contribution in [2.45, 2.75) is 18.9 Å². The van der Waals surface area contributed by atoms with E-state index < -0.39 is 47.0 Å². The van der Waals surface area contributed by atoms with Gasteiger partial charge in [-0.15, -0.1) is 13.2 Å². The van der Waals surface area contributed by atoms with Crippen molar-refractivity contribution in [2.24, 2.45) is 5.41 Å². The van der Waals surface area contributed by atoms with Gasteiger partial charge in [0.15, 0.2) is 0 Å². The largest absolute Gasteiger partial charge is 0.485 e. The summed E-state index contributed by atoms with van der Waals surface area (Å²) in [5, 5.41) is 30.1. The first-order valence-corrected chi connectivity index (χ1v) is 13.6. The Bertz CT molecular complexity index is 1040. The lowest BCUT2D eigenvalue weighted by Gasteiger charge is -2.38. The average molecular weight is 546 g/mol. The highest BCUT2D eigenvalue weighted by Crippen LogP contribution is 2.53. The van der Waals surface area contributed by atoms with Crippen LogP contribution in [0.25, 0.3) is 0 Å². The maximum absolute atomic E-state index is 10.0. The van der Waals surface area contributed by atoms with E-state index in [4.69, 9.17) is 24.3 Å². The van der Waals surface area contributed by atoms with Gasteiger partial charge in [0, 0.05) is 0 Å². The van der Waals surface area contributed by atoms with E-state index in [1.54, 1.807) is 12.2 Å². The number of rotatable bonds is 13. The van der Waals surface area contributed by atoms with Crippen molar-refractivity contribution in [1.82, 2.24) is 0 Å². The third-order valence-corrected chi connectivity index (χ3v) is 6.70. The highest BCUT2D eigenvalue weighted by atomic mass is 31.3. The summed E-state index contributed by atoms with van der Waals surface area (Å²) < 4.78 is 28.6. The van der Waals surface area contributed by atoms with E-state index in [1.807, 2.05) is 48.5 Å². The number of aliphatic hydroxyl groups excluding tert-OH is 3. The predicted octanol–water partition coefficient (Wildman–Crippen LogP) is 2.42. The van der Waals surface area contributed by atoms with Gasteiger partial charge in [0.05, 0.1) is 25.2 Å². The monoisotopic (exact) mass is 546 g/mol. The SMILES string of the molecule is C=CCc1ccccc1OC(c1ccccc1CC=C)C(CO)(CO)CO.O=P(O)(O)OP(=O)(O)O. The molecule has 11 nitrogen and oxygen atoms in total. The molecule has 1 atom stereocenters. The Balaban J connectivity index is 0.000000613. The smallest absolute Gasteiger partial charge is 0.478 e. The Morgan fingerprint density at radius 1 is 0.778 bits per heavy atom. The summed E-state index contributed by atoms with van der Waals surface area (Å²) in [5.74, 6) is 0.635. The van der Waals surface area contributed by atoms with E-state index in [2.05, 4.69) is 17.5 Å². The lowest BCUT2D eigenvalue weighted by molar-refractivity contribution is -0.0747. The van der Waals surface area contributed by atoms with Gasteiger partial charge in [0.2, 0.25) is 0 Å². The second kappa shape index (κ2) is 14.6. The van der Waals surface area contributed by atoms with Gasteiger partial charge in [-0.05, 0) is 35.6 Å². The van der Waals surface area contributed by atoms with Crippen LogP contribution in [0, 0.1) is 5.41 Å². The highest BCUT2D eigenvalue weighted by Gasteiger charge is 2.41. The Kier molecular flexibility index (Phi) is 12.9. The van der Waals surface area contributed by atoms with Gasteiger partial charge in [-0.3, -0.25) is 0 Å². The Morgan fingerprint density at radius 3 is 1.67 bits per heavy atom. The summed E-state index contributed by atoms with van der Waals surface area (Å²) in [6, 6.07) is 15.2. The quantitative estimate of drug-likeness (QED) is 0.144. The van der Waals surface area contributed by atoms with Crippen LogP contribution in [-0.2, 0) is 26.3 Å². The fourth-order valence-corrected chi connectivity index (χ4v) is 4.37. The first-order valence-electron chi connectivity index (χ1n) is 10.6. The molecular formula is C23H32O11P2. The minimum Gasteiger partial charge on any atom is -0.485 e. The molecule has 36 heavy (non-hydrogen) atoms. The van der Waals surface area contributed by atoms with Crippen LogP contribution in [0.5, 0.6) is 5.75 Å². The van der Waals surface area contributed by atoms with Crippen molar-refractivity contribution in [3.63, 3.8) is 0 Å². The zero-order valence-corrected chi connectivity index (χ0v) is 21.2. The normalized spacial score (nSPS) is 12.8. The van der Waals surface area contributed by atoms with Gasteiger partial charge < -0.3 is 39.6 Å². The number of aliphatic hydroxyl groups is 3. The van der Waals surface area contributed by atoms with Crippen LogP contribution in [-0.4, -0.2) is 54.7 Å². The van der Waals surface area contributed by atoms with E-state index in [1.165, 1.54) is 0 Å². The Morgan fingerprint density at radius 2 is 1.22 bits per heavy atom. The molecule has 0 radical (unpaired) electrons. The summed E-state index contributed by atoms with van der Waals surface area (Å²) in [7, 11) is -10.1. The van der Waals surface area contributed by atoms with Crippen molar-refractivity contribution in [3.8, 4) is 5.75 Å². The molecule has 2 aromatic rings. The molecule has 0 bridgehead atoms. The third kappa shape index (κ3) is 10.1. The lowest BCUT2D eigenvalue weighted by atomic mass is 9.79. The van der Waals surface area contributed by atoms with E-state index in [0.29, 0.717) is 18.6 Å². The van der Waals surface area contributed by atoms with Crippen molar-refractivity contribution in [1.29, 1.82) is 0 Å². The molecule has 0 aliphatic carbocycles. The maximum Gasteiger partial charge on any atom is 0.478 e. The average Bonchev–Trinajstić information content (AvgIpc) is 2.80. The summed E-state index contributed by atoms with van der Waals surface area (Å²) in [6.07, 6.45) is 4.09. The molecule has 7 N–H and O–H groups in total. The van der Waals surface area contributed by atoms with Crippen LogP contribution in [0.3, 0.4) is 0 Å². The molecular weight excluding hydrogens is 514 g/mol. The minimum atomic E-state index is -5.05. The summed E-state index contributed by atoms with van der Waals surface area (Å²) in [5.41, 5.74) is 1.49. The third-order valence-electron chi connectivity index (χ3n) is 5.00. The summed E-state index contributed by atoms with van der Waals surface area (Å²) >= 11 is 0. The van der Waals surface area contributed by atoms with Crippen LogP contribution in [0.2, 0.25) is 0 Å². The molecule has 0 amide bonds. The molecule has 1 unspecified atom stereocenters. The first-order chi connectivity index (χ1) is 16.9. The number of hydrogen-bond acceptors (Lipinski definition) is 7. The molecule has 0 aliphatic rings. The van der Waals surface area contributed by atoms with E-state index in [-0.39, 0.29) is 0 Å². The summed E-state index contributed by atoms with van der Waals surface area (Å²) in [4.78, 5) is 31.0. The molecule has 0 aliphatic heterocycles. The fraction of sp³-hybridized carbons (Fsp3) is 0.304. The number of para-hydroxylation sites is 1. The number of ether oxygens (including phenoxy) is 1. The first kappa shape index (κ1) is 31.9. The van der Waals surface area contributed by atoms with Gasteiger partial charge >= 0.3 is 15.6 Å². The van der Waals surface area contributed by atoms with Crippen LogP contribution in [0.1, 0.15) is 22.8 Å². The number of allylic oxidation sites excluding steroid dienone is 2. The molecule has 200 valence electrons.